The Labute approximate surface area is 127 Å². The number of phenols is 1. The molecule has 2 N–H and O–H groups in total. The quantitative estimate of drug-likeness (QED) is 0.372. The summed E-state index contributed by atoms with van der Waals surface area (Å²) in [4.78, 5) is 3.58. The summed E-state index contributed by atoms with van der Waals surface area (Å²) in [6, 6.07) is 22.5. The Kier molecular flexibility index (Phi) is 2.12. The number of aromatic hydroxyl groups is 1. The number of hydrogen-bond acceptors (Lipinski definition) is 1. The van der Waals surface area contributed by atoms with Gasteiger partial charge in [0, 0.05) is 16.5 Å². The van der Waals surface area contributed by atoms with Crippen LogP contribution in [0.25, 0.3) is 43.7 Å². The van der Waals surface area contributed by atoms with Crippen LogP contribution in [0.2, 0.25) is 0 Å². The van der Waals surface area contributed by atoms with Crippen molar-refractivity contribution in [2.45, 2.75) is 0 Å². The van der Waals surface area contributed by atoms with Gasteiger partial charge in [-0.05, 0) is 46.0 Å². The Morgan fingerprint density at radius 3 is 2.36 bits per heavy atom. The average molecular weight is 283 g/mol. The number of pyridine rings is 1. The Morgan fingerprint density at radius 1 is 0.636 bits per heavy atom. The molecule has 0 amide bonds. The fraction of sp³-hybridized carbons (Fsp3) is 0. The number of H-pyrrole nitrogens is 1. The molecule has 1 aliphatic heterocycles. The van der Waals surface area contributed by atoms with Crippen molar-refractivity contribution in [2.75, 3.05) is 0 Å². The summed E-state index contributed by atoms with van der Waals surface area (Å²) in [5.74, 6) is 0.301. The highest BCUT2D eigenvalue weighted by atomic mass is 16.3. The van der Waals surface area contributed by atoms with Crippen molar-refractivity contribution in [3.63, 3.8) is 0 Å². The second-order valence-corrected chi connectivity index (χ2v) is 5.73. The largest absolute Gasteiger partial charge is 0.508 e. The van der Waals surface area contributed by atoms with Gasteiger partial charge in [-0.3, -0.25) is 0 Å². The van der Waals surface area contributed by atoms with E-state index < -0.39 is 0 Å². The Morgan fingerprint density at radius 2 is 1.45 bits per heavy atom. The lowest BCUT2D eigenvalue weighted by Crippen LogP contribution is -1.88. The van der Waals surface area contributed by atoms with Gasteiger partial charge in [-0.25, -0.2) is 0 Å². The van der Waals surface area contributed by atoms with E-state index in [-0.39, 0.29) is 0 Å². The van der Waals surface area contributed by atoms with Gasteiger partial charge in [-0.1, -0.05) is 42.5 Å². The van der Waals surface area contributed by atoms with Gasteiger partial charge < -0.3 is 10.1 Å². The number of aromatic amines is 1. The minimum Gasteiger partial charge on any atom is -0.508 e. The highest BCUT2D eigenvalue weighted by Crippen LogP contribution is 2.38. The summed E-state index contributed by atoms with van der Waals surface area (Å²) in [5.41, 5.74) is 3.50. The summed E-state index contributed by atoms with van der Waals surface area (Å²) in [6.07, 6.45) is 0. The predicted molar refractivity (Wildman–Crippen MR) is 91.6 cm³/mol. The van der Waals surface area contributed by atoms with Crippen LogP contribution < -0.4 is 0 Å². The first-order valence-electron chi connectivity index (χ1n) is 7.36. The van der Waals surface area contributed by atoms with Crippen LogP contribution >= 0.6 is 0 Å². The summed E-state index contributed by atoms with van der Waals surface area (Å²) in [7, 11) is 0. The number of phenolic OH excluding ortho intramolecular Hbond substituents is 1. The van der Waals surface area contributed by atoms with E-state index in [1.807, 2.05) is 18.2 Å². The highest BCUT2D eigenvalue weighted by molar-refractivity contribution is 6.25. The number of hydrogen-bond donors (Lipinski definition) is 2. The van der Waals surface area contributed by atoms with Crippen molar-refractivity contribution in [3.8, 4) is 17.0 Å². The molecule has 0 fully saturated rings. The zero-order chi connectivity index (χ0) is 14.7. The van der Waals surface area contributed by atoms with Crippen LogP contribution in [0.5, 0.6) is 5.75 Å². The van der Waals surface area contributed by atoms with Gasteiger partial charge in [0.1, 0.15) is 5.75 Å². The van der Waals surface area contributed by atoms with E-state index in [1.165, 1.54) is 16.3 Å². The zero-order valence-electron chi connectivity index (χ0n) is 11.8. The number of aromatic nitrogens is 1. The first-order chi connectivity index (χ1) is 10.8. The first-order valence-corrected chi connectivity index (χ1v) is 7.36. The molecule has 2 heteroatoms. The normalized spacial score (nSPS) is 11.8. The fourth-order valence-electron chi connectivity index (χ4n) is 3.45. The maximum absolute atomic E-state index is 9.89. The Balaban J connectivity index is 2.17. The Bertz CT molecular complexity index is 1140. The molecule has 0 aromatic heterocycles. The predicted octanol–water partition coefficient (Wildman–Crippen LogP) is 5.28. The number of benzene rings is 3. The van der Waals surface area contributed by atoms with Crippen molar-refractivity contribution >= 4 is 32.4 Å². The molecule has 1 aliphatic carbocycles. The molecule has 0 atom stereocenters. The zero-order valence-corrected chi connectivity index (χ0v) is 11.8. The standard InChI is InChI=1S/C20H13NO/c22-13-8-9-15-17(11-13)14-5-1-2-6-16(14)20-18(15)10-12-4-3-7-19(12)21-20/h1-11,21-22H. The molecule has 2 nitrogen and oxygen atoms in total. The lowest BCUT2D eigenvalue weighted by Gasteiger charge is -2.13. The van der Waals surface area contributed by atoms with Crippen LogP contribution in [0.3, 0.4) is 0 Å². The van der Waals surface area contributed by atoms with Crippen molar-refractivity contribution in [1.82, 2.24) is 4.98 Å². The second kappa shape index (κ2) is 4.01. The molecule has 2 aliphatic rings. The molecule has 0 bridgehead atoms. The SMILES string of the molecule is Oc1ccc2c(c1)c1ccccc1c1[nH]c3cccc-3cc21. The molecular formula is C20H13NO. The Hall–Kier alpha value is -3.00. The lowest BCUT2D eigenvalue weighted by molar-refractivity contribution is 0.476. The van der Waals surface area contributed by atoms with Crippen molar-refractivity contribution in [1.29, 1.82) is 0 Å². The van der Waals surface area contributed by atoms with Crippen LogP contribution in [0, 0.1) is 0 Å². The summed E-state index contributed by atoms with van der Waals surface area (Å²) in [6.45, 7) is 0. The molecule has 0 saturated heterocycles. The molecule has 0 spiro atoms. The van der Waals surface area contributed by atoms with Crippen LogP contribution in [0.1, 0.15) is 0 Å². The van der Waals surface area contributed by atoms with Gasteiger partial charge >= 0.3 is 0 Å². The molecule has 104 valence electrons. The van der Waals surface area contributed by atoms with E-state index in [0.717, 1.165) is 27.4 Å². The van der Waals surface area contributed by atoms with Gasteiger partial charge in [0.25, 0.3) is 0 Å². The summed E-state index contributed by atoms with van der Waals surface area (Å²) < 4.78 is 0. The van der Waals surface area contributed by atoms with Gasteiger partial charge in [-0.2, -0.15) is 0 Å². The number of rotatable bonds is 0. The van der Waals surface area contributed by atoms with Crippen LogP contribution in [-0.2, 0) is 0 Å². The third-order valence-electron chi connectivity index (χ3n) is 4.46. The van der Waals surface area contributed by atoms with E-state index in [2.05, 4.69) is 47.4 Å². The van der Waals surface area contributed by atoms with E-state index in [1.54, 1.807) is 6.07 Å². The third kappa shape index (κ3) is 1.44. The van der Waals surface area contributed by atoms with E-state index >= 15 is 0 Å². The molecule has 0 radical (unpaired) electrons. The fourth-order valence-corrected chi connectivity index (χ4v) is 3.45. The minimum atomic E-state index is 0.301. The maximum atomic E-state index is 9.89. The number of nitrogens with one attached hydrogen (secondary N) is 1. The van der Waals surface area contributed by atoms with E-state index in [0.29, 0.717) is 5.75 Å². The van der Waals surface area contributed by atoms with Crippen LogP contribution in [-0.4, -0.2) is 10.1 Å². The van der Waals surface area contributed by atoms with Gasteiger partial charge in [0.15, 0.2) is 0 Å². The topological polar surface area (TPSA) is 36.0 Å². The molecule has 5 rings (SSSR count). The first kappa shape index (κ1) is 11.6. The summed E-state index contributed by atoms with van der Waals surface area (Å²) in [5, 5.41) is 15.7. The minimum absolute atomic E-state index is 0.301. The van der Waals surface area contributed by atoms with E-state index in [9.17, 15) is 5.11 Å². The van der Waals surface area contributed by atoms with Gasteiger partial charge in [0.05, 0.1) is 5.52 Å². The summed E-state index contributed by atoms with van der Waals surface area (Å²) >= 11 is 0. The van der Waals surface area contributed by atoms with Crippen LogP contribution in [0.15, 0.2) is 66.7 Å². The number of fused-ring (bicyclic) bond motifs is 7. The third-order valence-corrected chi connectivity index (χ3v) is 4.46. The molecular weight excluding hydrogens is 270 g/mol. The van der Waals surface area contributed by atoms with Crippen LogP contribution in [0.4, 0.5) is 0 Å². The monoisotopic (exact) mass is 283 g/mol. The van der Waals surface area contributed by atoms with Crippen molar-refractivity contribution < 1.29 is 5.11 Å². The lowest BCUT2D eigenvalue weighted by atomic mass is 9.96. The molecule has 3 aromatic carbocycles. The van der Waals surface area contributed by atoms with Crippen molar-refractivity contribution in [3.05, 3.63) is 66.7 Å². The molecule has 22 heavy (non-hydrogen) atoms. The van der Waals surface area contributed by atoms with Gasteiger partial charge in [-0.15, -0.1) is 0 Å². The molecule has 3 aromatic rings. The van der Waals surface area contributed by atoms with Crippen molar-refractivity contribution in [2.24, 2.45) is 0 Å². The highest BCUT2D eigenvalue weighted by Gasteiger charge is 2.12. The molecule has 1 heterocycles. The maximum Gasteiger partial charge on any atom is 0.116 e. The molecule has 0 unspecified atom stereocenters. The van der Waals surface area contributed by atoms with E-state index in [4.69, 9.17) is 0 Å². The second-order valence-electron chi connectivity index (χ2n) is 5.73. The van der Waals surface area contributed by atoms with Gasteiger partial charge in [0.2, 0.25) is 0 Å². The smallest absolute Gasteiger partial charge is 0.116 e. The molecule has 0 saturated carbocycles. The average Bonchev–Trinajstić information content (AvgIpc) is 3.01.